The van der Waals surface area contributed by atoms with Crippen LogP contribution in [0, 0.1) is 23.7 Å². The molecular formula is C29H23NO6. The fraction of sp³-hybridized carbons (Fsp3) is 0.241. The third kappa shape index (κ3) is 3.68. The zero-order valence-corrected chi connectivity index (χ0v) is 19.3. The Morgan fingerprint density at radius 1 is 0.694 bits per heavy atom. The number of para-hydroxylation sites is 2. The number of anilines is 1. The van der Waals surface area contributed by atoms with Crippen LogP contribution in [0.3, 0.4) is 0 Å². The molecule has 0 aromatic heterocycles. The van der Waals surface area contributed by atoms with E-state index in [4.69, 9.17) is 9.47 Å². The van der Waals surface area contributed by atoms with Gasteiger partial charge in [-0.3, -0.25) is 14.5 Å². The molecule has 0 N–H and O–H groups in total. The van der Waals surface area contributed by atoms with E-state index < -0.39 is 11.9 Å². The van der Waals surface area contributed by atoms with Gasteiger partial charge >= 0.3 is 11.9 Å². The number of nitrogens with zero attached hydrogens (tertiary/aromatic N) is 1. The number of ether oxygens (including phenoxy) is 2. The minimum Gasteiger partial charge on any atom is -0.423 e. The maximum absolute atomic E-state index is 13.0. The third-order valence-corrected chi connectivity index (χ3v) is 7.55. The molecule has 3 fully saturated rings. The first-order valence-corrected chi connectivity index (χ1v) is 12.1. The van der Waals surface area contributed by atoms with Crippen molar-refractivity contribution in [3.8, 4) is 11.5 Å². The normalized spacial score (nSPS) is 24.1. The number of esters is 2. The van der Waals surface area contributed by atoms with Gasteiger partial charge in [0, 0.05) is 0 Å². The monoisotopic (exact) mass is 481 g/mol. The first-order valence-electron chi connectivity index (χ1n) is 12.1. The largest absolute Gasteiger partial charge is 0.423 e. The molecule has 2 aliphatic carbocycles. The second kappa shape index (κ2) is 8.75. The molecule has 180 valence electrons. The van der Waals surface area contributed by atoms with Crippen LogP contribution in [-0.2, 0) is 9.59 Å². The van der Waals surface area contributed by atoms with Gasteiger partial charge in [0.1, 0.15) is 17.1 Å². The Morgan fingerprint density at radius 3 is 1.97 bits per heavy atom. The van der Waals surface area contributed by atoms with E-state index in [9.17, 15) is 19.2 Å². The van der Waals surface area contributed by atoms with Crippen molar-refractivity contribution >= 4 is 29.4 Å². The van der Waals surface area contributed by atoms with Crippen LogP contribution < -0.4 is 14.4 Å². The van der Waals surface area contributed by atoms with Crippen LogP contribution in [-0.4, -0.2) is 23.8 Å². The fourth-order valence-electron chi connectivity index (χ4n) is 5.94. The van der Waals surface area contributed by atoms with Gasteiger partial charge in [0.2, 0.25) is 11.8 Å². The van der Waals surface area contributed by atoms with E-state index in [1.165, 1.54) is 29.2 Å². The van der Waals surface area contributed by atoms with Gasteiger partial charge in [0.25, 0.3) is 0 Å². The summed E-state index contributed by atoms with van der Waals surface area (Å²) in [6.45, 7) is 0. The van der Waals surface area contributed by atoms with E-state index in [1.54, 1.807) is 48.5 Å². The van der Waals surface area contributed by atoms with Gasteiger partial charge in [-0.2, -0.15) is 0 Å². The van der Waals surface area contributed by atoms with E-state index in [-0.39, 0.29) is 40.5 Å². The van der Waals surface area contributed by atoms with Gasteiger partial charge in [-0.05, 0) is 79.6 Å². The van der Waals surface area contributed by atoms with Crippen LogP contribution in [0.2, 0.25) is 0 Å². The number of carbonyl (C=O) groups excluding carboxylic acids is 4. The average molecular weight is 482 g/mol. The highest BCUT2D eigenvalue weighted by Crippen LogP contribution is 2.56. The van der Waals surface area contributed by atoms with Crippen LogP contribution in [0.5, 0.6) is 11.5 Å². The van der Waals surface area contributed by atoms with Crippen molar-refractivity contribution in [1.82, 2.24) is 0 Å². The molecule has 7 nitrogen and oxygen atoms in total. The quantitative estimate of drug-likeness (QED) is 0.299. The Morgan fingerprint density at radius 2 is 1.31 bits per heavy atom. The molecule has 2 bridgehead atoms. The van der Waals surface area contributed by atoms with Crippen LogP contribution in [0.4, 0.5) is 5.69 Å². The Balaban J connectivity index is 1.17. The lowest BCUT2D eigenvalue weighted by molar-refractivity contribution is -0.123. The molecular weight excluding hydrogens is 458 g/mol. The van der Waals surface area contributed by atoms with E-state index >= 15 is 0 Å². The molecule has 2 saturated carbocycles. The number of carbonyl (C=O) groups is 4. The van der Waals surface area contributed by atoms with Crippen LogP contribution in [0.15, 0.2) is 78.9 Å². The first kappa shape index (κ1) is 22.2. The standard InChI is InChI=1S/C29H23NO6/c31-26-24-18-10-11-19(16-18)25(24)27(32)30(26)20-14-12-17(13-15-20)28(33)36-23-9-5-4-8-22(23)29(34)35-21-6-2-1-3-7-21/h1-9,12-15,18-19,24-25H,10-11,16H2/t18-,19-,24+,25+/m0/s1. The summed E-state index contributed by atoms with van der Waals surface area (Å²) in [7, 11) is 0. The Bertz CT molecular complexity index is 1340. The third-order valence-electron chi connectivity index (χ3n) is 7.55. The number of hydrogen-bond donors (Lipinski definition) is 0. The summed E-state index contributed by atoms with van der Waals surface area (Å²) in [6.07, 6.45) is 3.01. The predicted molar refractivity (Wildman–Crippen MR) is 130 cm³/mol. The highest BCUT2D eigenvalue weighted by Gasteiger charge is 2.61. The lowest BCUT2D eigenvalue weighted by atomic mass is 9.81. The molecule has 1 aliphatic heterocycles. The number of amides is 2. The summed E-state index contributed by atoms with van der Waals surface area (Å²) in [5, 5.41) is 0. The maximum atomic E-state index is 13.0. The van der Waals surface area contributed by atoms with Crippen LogP contribution in [0.25, 0.3) is 0 Å². The lowest BCUT2D eigenvalue weighted by Crippen LogP contribution is -2.32. The second-order valence-corrected chi connectivity index (χ2v) is 9.53. The van der Waals surface area contributed by atoms with Crippen molar-refractivity contribution < 1.29 is 28.7 Å². The minimum atomic E-state index is -0.671. The van der Waals surface area contributed by atoms with Crippen molar-refractivity contribution in [2.24, 2.45) is 23.7 Å². The summed E-state index contributed by atoms with van der Waals surface area (Å²) in [5.74, 6) is -0.907. The number of rotatable bonds is 5. The maximum Gasteiger partial charge on any atom is 0.347 e. The Kier molecular flexibility index (Phi) is 5.40. The lowest BCUT2D eigenvalue weighted by Gasteiger charge is -2.19. The molecule has 7 heteroatoms. The minimum absolute atomic E-state index is 0.0701. The number of fused-ring (bicyclic) bond motifs is 5. The molecule has 2 amide bonds. The molecule has 3 aromatic carbocycles. The van der Waals surface area contributed by atoms with Gasteiger partial charge in [-0.15, -0.1) is 0 Å². The highest BCUT2D eigenvalue weighted by atomic mass is 16.5. The van der Waals surface area contributed by atoms with E-state index in [2.05, 4.69) is 0 Å². The number of benzene rings is 3. The van der Waals surface area contributed by atoms with Gasteiger partial charge in [-0.25, -0.2) is 9.59 Å². The Hall–Kier alpha value is -4.26. The van der Waals surface area contributed by atoms with Crippen molar-refractivity contribution in [2.45, 2.75) is 19.3 Å². The number of imide groups is 1. The molecule has 36 heavy (non-hydrogen) atoms. The van der Waals surface area contributed by atoms with Crippen LogP contribution >= 0.6 is 0 Å². The molecule has 3 aromatic rings. The molecule has 1 saturated heterocycles. The molecule has 3 aliphatic rings. The summed E-state index contributed by atoms with van der Waals surface area (Å²) in [5.41, 5.74) is 0.798. The van der Waals surface area contributed by atoms with Gasteiger partial charge < -0.3 is 9.47 Å². The fourth-order valence-corrected chi connectivity index (χ4v) is 5.94. The topological polar surface area (TPSA) is 90.0 Å². The molecule has 0 spiro atoms. The molecule has 4 atom stereocenters. The van der Waals surface area contributed by atoms with E-state index in [0.29, 0.717) is 23.3 Å². The predicted octanol–water partition coefficient (Wildman–Crippen LogP) is 4.66. The zero-order chi connectivity index (χ0) is 24.8. The summed E-state index contributed by atoms with van der Waals surface area (Å²) in [4.78, 5) is 52.9. The highest BCUT2D eigenvalue weighted by molar-refractivity contribution is 6.22. The molecule has 0 unspecified atom stereocenters. The van der Waals surface area contributed by atoms with E-state index in [0.717, 1.165) is 19.3 Å². The second-order valence-electron chi connectivity index (χ2n) is 9.53. The van der Waals surface area contributed by atoms with Crippen LogP contribution in [0.1, 0.15) is 40.0 Å². The molecule has 1 heterocycles. The van der Waals surface area contributed by atoms with Crippen molar-refractivity contribution in [2.75, 3.05) is 4.90 Å². The SMILES string of the molecule is O=C(Oc1ccccc1C(=O)Oc1ccccc1)c1ccc(N2C(=O)[C@@H]3[C@H]4CC[C@@H](C4)[C@H]3C2=O)cc1. The zero-order valence-electron chi connectivity index (χ0n) is 19.3. The van der Waals surface area contributed by atoms with Crippen molar-refractivity contribution in [3.63, 3.8) is 0 Å². The van der Waals surface area contributed by atoms with Gasteiger partial charge in [0.15, 0.2) is 0 Å². The Labute approximate surface area is 207 Å². The van der Waals surface area contributed by atoms with Gasteiger partial charge in [0.05, 0.1) is 23.1 Å². The smallest absolute Gasteiger partial charge is 0.347 e. The molecule has 6 rings (SSSR count). The van der Waals surface area contributed by atoms with Crippen molar-refractivity contribution in [1.29, 1.82) is 0 Å². The summed E-state index contributed by atoms with van der Waals surface area (Å²) >= 11 is 0. The number of hydrogen-bond acceptors (Lipinski definition) is 6. The van der Waals surface area contributed by atoms with E-state index in [1.807, 2.05) is 6.07 Å². The summed E-state index contributed by atoms with van der Waals surface area (Å²) in [6, 6.07) is 21.2. The first-order chi connectivity index (χ1) is 17.5. The summed E-state index contributed by atoms with van der Waals surface area (Å²) < 4.78 is 10.9. The van der Waals surface area contributed by atoms with Gasteiger partial charge in [-0.1, -0.05) is 30.3 Å². The van der Waals surface area contributed by atoms with Crippen molar-refractivity contribution in [3.05, 3.63) is 90.0 Å². The average Bonchev–Trinajstić information content (AvgIpc) is 3.58. The molecule has 0 radical (unpaired) electrons.